The van der Waals surface area contributed by atoms with Gasteiger partial charge in [0.05, 0.1) is 15.9 Å². The largest absolute Gasteiger partial charge is 0.358 e. The van der Waals surface area contributed by atoms with Crippen LogP contribution in [0.15, 0.2) is 40.6 Å². The van der Waals surface area contributed by atoms with Gasteiger partial charge in [0.15, 0.2) is 0 Å². The lowest BCUT2D eigenvalue weighted by Gasteiger charge is -2.26. The zero-order chi connectivity index (χ0) is 19.0. The van der Waals surface area contributed by atoms with Crippen molar-refractivity contribution < 1.29 is 13.3 Å². The van der Waals surface area contributed by atoms with Gasteiger partial charge in [0.1, 0.15) is 5.69 Å². The molecule has 0 saturated carbocycles. The molecule has 2 saturated heterocycles. The Morgan fingerprint density at radius 1 is 1.11 bits per heavy atom. The molecule has 144 valence electrons. The lowest BCUT2D eigenvalue weighted by molar-refractivity contribution is -0.384. The molecule has 27 heavy (non-hydrogen) atoms. The minimum atomic E-state index is -3.68. The third-order valence-corrected chi connectivity index (χ3v) is 8.15. The standard InChI is InChI=1S/C18H21N3O4S2/c22-21(23)17-13-14(27(24,25)19-9-1-2-10-19)7-8-15(17)20-11-3-5-16(20)18-6-4-12-26-18/h4,6-8,12-13,16H,1-3,5,9-11H2/t16-/m1/s1. The molecule has 1 aromatic carbocycles. The van der Waals surface area contributed by atoms with Crippen molar-refractivity contribution in [2.45, 2.75) is 36.6 Å². The third kappa shape index (κ3) is 3.35. The Morgan fingerprint density at radius 2 is 1.89 bits per heavy atom. The fourth-order valence-corrected chi connectivity index (χ4v) is 6.37. The van der Waals surface area contributed by atoms with Crippen LogP contribution in [0.25, 0.3) is 0 Å². The van der Waals surface area contributed by atoms with Gasteiger partial charge in [-0.2, -0.15) is 4.31 Å². The lowest BCUT2D eigenvalue weighted by atomic mass is 10.1. The molecule has 0 aliphatic carbocycles. The molecule has 0 radical (unpaired) electrons. The van der Waals surface area contributed by atoms with Crippen molar-refractivity contribution in [1.82, 2.24) is 4.31 Å². The number of hydrogen-bond acceptors (Lipinski definition) is 6. The highest BCUT2D eigenvalue weighted by atomic mass is 32.2. The summed E-state index contributed by atoms with van der Waals surface area (Å²) >= 11 is 1.64. The van der Waals surface area contributed by atoms with Crippen LogP contribution >= 0.6 is 11.3 Å². The van der Waals surface area contributed by atoms with E-state index >= 15 is 0 Å². The quantitative estimate of drug-likeness (QED) is 0.556. The Balaban J connectivity index is 1.73. The first-order valence-electron chi connectivity index (χ1n) is 9.07. The second kappa shape index (κ2) is 7.21. The Kier molecular flexibility index (Phi) is 4.92. The van der Waals surface area contributed by atoms with Gasteiger partial charge < -0.3 is 4.90 Å². The van der Waals surface area contributed by atoms with Crippen LogP contribution in [0.3, 0.4) is 0 Å². The van der Waals surface area contributed by atoms with E-state index in [2.05, 4.69) is 0 Å². The number of sulfonamides is 1. The predicted molar refractivity (Wildman–Crippen MR) is 105 cm³/mol. The smallest absolute Gasteiger partial charge is 0.293 e. The molecule has 0 spiro atoms. The summed E-state index contributed by atoms with van der Waals surface area (Å²) in [6, 6.07) is 8.48. The normalized spacial score (nSPS) is 21.0. The maximum Gasteiger partial charge on any atom is 0.293 e. The molecule has 4 rings (SSSR count). The van der Waals surface area contributed by atoms with Crippen molar-refractivity contribution in [2.75, 3.05) is 24.5 Å². The summed E-state index contributed by atoms with van der Waals surface area (Å²) in [6.45, 7) is 1.68. The molecule has 9 heteroatoms. The third-order valence-electron chi connectivity index (χ3n) is 5.28. The molecule has 0 amide bonds. The van der Waals surface area contributed by atoms with Crippen LogP contribution in [-0.2, 0) is 10.0 Å². The first kappa shape index (κ1) is 18.4. The number of nitro groups is 1. The van der Waals surface area contributed by atoms with Crippen LogP contribution in [0.1, 0.15) is 36.6 Å². The first-order valence-corrected chi connectivity index (χ1v) is 11.4. The summed E-state index contributed by atoms with van der Waals surface area (Å²) in [4.78, 5) is 14.5. The van der Waals surface area contributed by atoms with Crippen LogP contribution in [0.4, 0.5) is 11.4 Å². The lowest BCUT2D eigenvalue weighted by Crippen LogP contribution is -2.28. The number of hydrogen-bond donors (Lipinski definition) is 0. The van der Waals surface area contributed by atoms with E-state index in [1.807, 2.05) is 22.4 Å². The van der Waals surface area contributed by atoms with Crippen LogP contribution in [0, 0.1) is 10.1 Å². The maximum absolute atomic E-state index is 12.8. The monoisotopic (exact) mass is 407 g/mol. The van der Waals surface area contributed by atoms with Crippen LogP contribution < -0.4 is 4.90 Å². The van der Waals surface area contributed by atoms with Gasteiger partial charge in [-0.1, -0.05) is 6.07 Å². The number of rotatable bonds is 5. The molecule has 0 N–H and O–H groups in total. The molecule has 2 fully saturated rings. The van der Waals surface area contributed by atoms with E-state index in [1.54, 1.807) is 17.4 Å². The Labute approximate surface area is 162 Å². The number of thiophene rings is 1. The molecule has 2 aromatic rings. The summed E-state index contributed by atoms with van der Waals surface area (Å²) < 4.78 is 27.0. The van der Waals surface area contributed by atoms with E-state index in [9.17, 15) is 18.5 Å². The van der Waals surface area contributed by atoms with Gasteiger partial charge in [-0.15, -0.1) is 11.3 Å². The van der Waals surface area contributed by atoms with Gasteiger partial charge in [0.2, 0.25) is 10.0 Å². The number of anilines is 1. The Hall–Kier alpha value is -1.97. The van der Waals surface area contributed by atoms with Gasteiger partial charge >= 0.3 is 0 Å². The highest BCUT2D eigenvalue weighted by Gasteiger charge is 2.34. The Bertz CT molecular complexity index is 938. The van der Waals surface area contributed by atoms with E-state index in [1.165, 1.54) is 21.3 Å². The fraction of sp³-hybridized carbons (Fsp3) is 0.444. The van der Waals surface area contributed by atoms with Crippen molar-refractivity contribution in [3.8, 4) is 0 Å². The number of benzene rings is 1. The molecule has 2 aliphatic rings. The molecular weight excluding hydrogens is 386 g/mol. The van der Waals surface area contributed by atoms with E-state index in [4.69, 9.17) is 0 Å². The maximum atomic E-state index is 12.8. The zero-order valence-corrected chi connectivity index (χ0v) is 16.4. The van der Waals surface area contributed by atoms with Gasteiger partial charge in [0.25, 0.3) is 5.69 Å². The molecule has 3 heterocycles. The minimum absolute atomic E-state index is 0.00622. The zero-order valence-electron chi connectivity index (χ0n) is 14.8. The molecule has 0 bridgehead atoms. The van der Waals surface area contributed by atoms with Crippen molar-refractivity contribution in [3.63, 3.8) is 0 Å². The highest BCUT2D eigenvalue weighted by molar-refractivity contribution is 7.89. The molecule has 0 unspecified atom stereocenters. The first-order chi connectivity index (χ1) is 13.0. The molecule has 1 aromatic heterocycles. The van der Waals surface area contributed by atoms with Gasteiger partial charge in [-0.3, -0.25) is 10.1 Å². The van der Waals surface area contributed by atoms with Crippen LogP contribution in [0.5, 0.6) is 0 Å². The second-order valence-corrected chi connectivity index (χ2v) is 9.80. The van der Waals surface area contributed by atoms with Gasteiger partial charge in [-0.25, -0.2) is 8.42 Å². The van der Waals surface area contributed by atoms with Crippen LogP contribution in [0.2, 0.25) is 0 Å². The van der Waals surface area contributed by atoms with Gasteiger partial charge in [0, 0.05) is 30.6 Å². The second-order valence-electron chi connectivity index (χ2n) is 6.89. The molecule has 1 atom stereocenters. The molecule has 2 aliphatic heterocycles. The number of nitro benzene ring substituents is 1. The summed E-state index contributed by atoms with van der Waals surface area (Å²) in [6.07, 6.45) is 3.55. The Morgan fingerprint density at radius 3 is 2.56 bits per heavy atom. The summed E-state index contributed by atoms with van der Waals surface area (Å²) in [5.41, 5.74) is 0.356. The number of nitrogens with zero attached hydrogens (tertiary/aromatic N) is 3. The van der Waals surface area contributed by atoms with E-state index in [0.717, 1.165) is 32.2 Å². The van der Waals surface area contributed by atoms with Crippen molar-refractivity contribution in [3.05, 3.63) is 50.7 Å². The average molecular weight is 408 g/mol. The van der Waals surface area contributed by atoms with E-state index in [0.29, 0.717) is 18.8 Å². The summed E-state index contributed by atoms with van der Waals surface area (Å²) in [7, 11) is -3.68. The fourth-order valence-electron chi connectivity index (χ4n) is 3.96. The van der Waals surface area contributed by atoms with Gasteiger partial charge in [-0.05, 0) is 49.3 Å². The van der Waals surface area contributed by atoms with E-state index in [-0.39, 0.29) is 16.6 Å². The average Bonchev–Trinajstić information content (AvgIpc) is 3.42. The van der Waals surface area contributed by atoms with Crippen LogP contribution in [-0.4, -0.2) is 37.3 Å². The molecular formula is C18H21N3O4S2. The molecule has 7 nitrogen and oxygen atoms in total. The minimum Gasteiger partial charge on any atom is -0.358 e. The van der Waals surface area contributed by atoms with Crippen molar-refractivity contribution in [2.24, 2.45) is 0 Å². The SMILES string of the molecule is O=[N+]([O-])c1cc(S(=O)(=O)N2CCCC2)ccc1N1CCC[C@@H]1c1cccs1. The topological polar surface area (TPSA) is 83.8 Å². The van der Waals surface area contributed by atoms with E-state index < -0.39 is 14.9 Å². The predicted octanol–water partition coefficient (Wildman–Crippen LogP) is 3.78. The summed E-state index contributed by atoms with van der Waals surface area (Å²) in [5, 5.41) is 13.8. The van der Waals surface area contributed by atoms with Crippen molar-refractivity contribution >= 4 is 32.7 Å². The highest BCUT2D eigenvalue weighted by Crippen LogP contribution is 2.42. The van der Waals surface area contributed by atoms with Crippen molar-refractivity contribution in [1.29, 1.82) is 0 Å². The summed E-state index contributed by atoms with van der Waals surface area (Å²) in [5.74, 6) is 0.